The number of hydrogen-bond acceptors (Lipinski definition) is 5. The molecule has 142 valence electrons. The van der Waals surface area contributed by atoms with Crippen molar-refractivity contribution in [1.29, 1.82) is 0 Å². The van der Waals surface area contributed by atoms with Crippen LogP contribution >= 0.6 is 12.2 Å². The van der Waals surface area contributed by atoms with Crippen LogP contribution in [-0.4, -0.2) is 36.7 Å². The third kappa shape index (κ3) is 6.36. The lowest BCUT2D eigenvalue weighted by atomic mass is 10.2. The van der Waals surface area contributed by atoms with Gasteiger partial charge in [0.25, 0.3) is 5.91 Å². The number of ether oxygens (including phenoxy) is 2. The molecule has 0 bridgehead atoms. The first-order valence-electron chi connectivity index (χ1n) is 8.33. The van der Waals surface area contributed by atoms with Crippen molar-refractivity contribution < 1.29 is 19.1 Å². The van der Waals surface area contributed by atoms with Crippen molar-refractivity contribution in [2.45, 2.75) is 6.92 Å². The summed E-state index contributed by atoms with van der Waals surface area (Å²) in [5.41, 5.74) is 6.48. The van der Waals surface area contributed by atoms with Gasteiger partial charge in [0, 0.05) is 17.9 Å². The van der Waals surface area contributed by atoms with E-state index >= 15 is 0 Å². The Bertz CT molecular complexity index is 826. The third-order valence-electron chi connectivity index (χ3n) is 3.45. The van der Waals surface area contributed by atoms with Crippen molar-refractivity contribution in [3.8, 4) is 5.75 Å². The Kier molecular flexibility index (Phi) is 7.72. The lowest BCUT2D eigenvalue weighted by molar-refractivity contribution is 0.0957. The number of hydrogen-bond donors (Lipinski definition) is 3. The number of primary amides is 1. The van der Waals surface area contributed by atoms with Crippen molar-refractivity contribution in [3.05, 3.63) is 59.7 Å². The van der Waals surface area contributed by atoms with Crippen molar-refractivity contribution in [2.75, 3.05) is 25.1 Å². The number of benzene rings is 2. The highest BCUT2D eigenvalue weighted by Crippen LogP contribution is 2.18. The first kappa shape index (κ1) is 20.3. The second kappa shape index (κ2) is 10.2. The average molecular weight is 387 g/mol. The first-order valence-corrected chi connectivity index (χ1v) is 8.74. The summed E-state index contributed by atoms with van der Waals surface area (Å²) in [6.45, 7) is 3.26. The fraction of sp³-hybridized carbons (Fsp3) is 0.211. The third-order valence-corrected chi connectivity index (χ3v) is 3.66. The highest BCUT2D eigenvalue weighted by molar-refractivity contribution is 7.80. The van der Waals surface area contributed by atoms with Crippen LogP contribution in [0.4, 0.5) is 5.69 Å². The van der Waals surface area contributed by atoms with E-state index in [0.717, 1.165) is 0 Å². The number of carbonyl (C=O) groups is 2. The van der Waals surface area contributed by atoms with Gasteiger partial charge >= 0.3 is 0 Å². The molecule has 0 saturated carbocycles. The van der Waals surface area contributed by atoms with E-state index in [-0.39, 0.29) is 5.11 Å². The molecule has 0 spiro atoms. The van der Waals surface area contributed by atoms with Crippen molar-refractivity contribution in [3.63, 3.8) is 0 Å². The summed E-state index contributed by atoms with van der Waals surface area (Å²) in [5, 5.41) is 5.53. The van der Waals surface area contributed by atoms with Crippen LogP contribution in [-0.2, 0) is 4.74 Å². The molecule has 2 amide bonds. The predicted molar refractivity (Wildman–Crippen MR) is 107 cm³/mol. The summed E-state index contributed by atoms with van der Waals surface area (Å²) < 4.78 is 10.8. The van der Waals surface area contributed by atoms with Crippen LogP contribution < -0.4 is 21.1 Å². The molecule has 2 aromatic rings. The summed E-state index contributed by atoms with van der Waals surface area (Å²) in [4.78, 5) is 23.7. The molecule has 0 saturated heterocycles. The number of rotatable bonds is 8. The molecule has 2 rings (SSSR count). The number of thiocarbonyl (C=S) groups is 1. The van der Waals surface area contributed by atoms with Gasteiger partial charge in [-0.1, -0.05) is 18.2 Å². The topological polar surface area (TPSA) is 103 Å². The van der Waals surface area contributed by atoms with E-state index in [1.165, 1.54) is 0 Å². The molecule has 2 aromatic carbocycles. The van der Waals surface area contributed by atoms with E-state index in [2.05, 4.69) is 10.6 Å². The van der Waals surface area contributed by atoms with E-state index in [0.29, 0.717) is 42.4 Å². The molecule has 7 nitrogen and oxygen atoms in total. The number of nitrogens with two attached hydrogens (primary N) is 1. The van der Waals surface area contributed by atoms with Gasteiger partial charge in [-0.3, -0.25) is 14.9 Å². The van der Waals surface area contributed by atoms with Crippen LogP contribution in [0.5, 0.6) is 5.75 Å². The summed E-state index contributed by atoms with van der Waals surface area (Å²) >= 11 is 5.17. The highest BCUT2D eigenvalue weighted by Gasteiger charge is 2.14. The summed E-state index contributed by atoms with van der Waals surface area (Å²) in [6.07, 6.45) is 0. The number of para-hydroxylation sites is 1. The van der Waals surface area contributed by atoms with E-state index in [9.17, 15) is 9.59 Å². The Hall–Kier alpha value is -2.97. The number of nitrogens with one attached hydrogen (secondary N) is 2. The maximum Gasteiger partial charge on any atom is 0.261 e. The molecular weight excluding hydrogens is 366 g/mol. The largest absolute Gasteiger partial charge is 0.490 e. The van der Waals surface area contributed by atoms with E-state index in [4.69, 9.17) is 27.4 Å². The Morgan fingerprint density at radius 3 is 2.63 bits per heavy atom. The number of anilines is 1. The van der Waals surface area contributed by atoms with Crippen LogP contribution in [0.3, 0.4) is 0 Å². The summed E-state index contributed by atoms with van der Waals surface area (Å²) in [7, 11) is 0. The van der Waals surface area contributed by atoms with Crippen molar-refractivity contribution in [1.82, 2.24) is 5.32 Å². The minimum atomic E-state index is -0.549. The molecule has 0 aromatic heterocycles. The molecule has 0 fully saturated rings. The number of amides is 2. The molecule has 0 heterocycles. The maximum absolute atomic E-state index is 12.5. The molecule has 0 radical (unpaired) electrons. The van der Waals surface area contributed by atoms with Gasteiger partial charge in [-0.2, -0.15) is 0 Å². The zero-order chi connectivity index (χ0) is 19.6. The second-order valence-electron chi connectivity index (χ2n) is 5.39. The molecular formula is C19H21N3O4S. The fourth-order valence-electron chi connectivity index (χ4n) is 2.22. The minimum Gasteiger partial charge on any atom is -0.490 e. The molecule has 27 heavy (non-hydrogen) atoms. The first-order chi connectivity index (χ1) is 13.0. The SMILES string of the molecule is CCOCCOc1ccccc1C(=O)NC(=S)Nc1cccc(C(N)=O)c1. The summed E-state index contributed by atoms with van der Waals surface area (Å²) in [6, 6.07) is 13.4. The van der Waals surface area contributed by atoms with Crippen LogP contribution in [0, 0.1) is 0 Å². The Morgan fingerprint density at radius 2 is 1.89 bits per heavy atom. The molecule has 0 aliphatic carbocycles. The second-order valence-corrected chi connectivity index (χ2v) is 5.80. The van der Waals surface area contributed by atoms with Crippen LogP contribution in [0.2, 0.25) is 0 Å². The van der Waals surface area contributed by atoms with Gasteiger partial charge in [0.05, 0.1) is 12.2 Å². The van der Waals surface area contributed by atoms with Gasteiger partial charge in [-0.15, -0.1) is 0 Å². The summed E-state index contributed by atoms with van der Waals surface area (Å²) in [5.74, 6) is -0.523. The quantitative estimate of drug-likeness (QED) is 0.475. The smallest absolute Gasteiger partial charge is 0.261 e. The minimum absolute atomic E-state index is 0.0886. The van der Waals surface area contributed by atoms with E-state index < -0.39 is 11.8 Å². The van der Waals surface area contributed by atoms with Gasteiger partial charge in [0.1, 0.15) is 12.4 Å². The molecule has 0 aliphatic heterocycles. The number of carbonyl (C=O) groups excluding carboxylic acids is 2. The van der Waals surface area contributed by atoms with Gasteiger partial charge in [-0.05, 0) is 49.5 Å². The Morgan fingerprint density at radius 1 is 1.11 bits per heavy atom. The molecule has 0 unspecified atom stereocenters. The molecule has 8 heteroatoms. The fourth-order valence-corrected chi connectivity index (χ4v) is 2.43. The van der Waals surface area contributed by atoms with Gasteiger partial charge in [0.2, 0.25) is 5.91 Å². The Balaban J connectivity index is 1.99. The van der Waals surface area contributed by atoms with Crippen molar-refractivity contribution in [2.24, 2.45) is 5.73 Å². The van der Waals surface area contributed by atoms with Crippen LogP contribution in [0.25, 0.3) is 0 Å². The van der Waals surface area contributed by atoms with Crippen LogP contribution in [0.15, 0.2) is 48.5 Å². The normalized spacial score (nSPS) is 10.1. The molecule has 0 aliphatic rings. The maximum atomic E-state index is 12.5. The zero-order valence-corrected chi connectivity index (χ0v) is 15.7. The van der Waals surface area contributed by atoms with Gasteiger partial charge in [0.15, 0.2) is 5.11 Å². The molecule has 4 N–H and O–H groups in total. The highest BCUT2D eigenvalue weighted by atomic mass is 32.1. The van der Waals surface area contributed by atoms with Gasteiger partial charge < -0.3 is 20.5 Å². The monoisotopic (exact) mass is 387 g/mol. The van der Waals surface area contributed by atoms with Crippen molar-refractivity contribution >= 4 is 34.8 Å². The Labute approximate surface area is 162 Å². The average Bonchev–Trinajstić information content (AvgIpc) is 2.65. The van der Waals surface area contributed by atoms with E-state index in [1.54, 1.807) is 48.5 Å². The standard InChI is InChI=1S/C19H21N3O4S/c1-2-25-10-11-26-16-9-4-3-8-15(16)18(24)22-19(27)21-14-7-5-6-13(12-14)17(20)23/h3-9,12H,2,10-11H2,1H3,(H2,20,23)(H2,21,22,24,27). The zero-order valence-electron chi connectivity index (χ0n) is 14.9. The molecule has 0 atom stereocenters. The van der Waals surface area contributed by atoms with Crippen LogP contribution in [0.1, 0.15) is 27.6 Å². The lowest BCUT2D eigenvalue weighted by Gasteiger charge is -2.13. The lowest BCUT2D eigenvalue weighted by Crippen LogP contribution is -2.34. The predicted octanol–water partition coefficient (Wildman–Crippen LogP) is 2.33. The van der Waals surface area contributed by atoms with E-state index in [1.807, 2.05) is 6.92 Å². The van der Waals surface area contributed by atoms with Gasteiger partial charge in [-0.25, -0.2) is 0 Å².